The molecule has 0 radical (unpaired) electrons. The van der Waals surface area contributed by atoms with E-state index in [4.69, 9.17) is 16.1 Å². The van der Waals surface area contributed by atoms with E-state index in [-0.39, 0.29) is 11.8 Å². The van der Waals surface area contributed by atoms with Crippen LogP contribution in [-0.4, -0.2) is 46.6 Å². The Morgan fingerprint density at radius 3 is 2.77 bits per heavy atom. The van der Waals surface area contributed by atoms with Crippen molar-refractivity contribution in [2.24, 2.45) is 0 Å². The molecule has 1 atom stereocenters. The summed E-state index contributed by atoms with van der Waals surface area (Å²) in [6.07, 6.45) is 2.89. The third-order valence-corrected chi connectivity index (χ3v) is 4.53. The monoisotopic (exact) mass is 396 g/mol. The number of rotatable bonds is 9. The van der Waals surface area contributed by atoms with Crippen molar-refractivity contribution < 1.29 is 14.1 Å². The van der Waals surface area contributed by atoms with E-state index in [1.54, 1.807) is 43.0 Å². The molecule has 0 aliphatic rings. The Balaban J connectivity index is 1.93. The molecule has 1 heterocycles. The highest BCUT2D eigenvalue weighted by Gasteiger charge is 2.22. The molecule has 0 spiro atoms. The molecule has 0 saturated carbocycles. The number of nitrogens with one attached hydrogen (secondary N) is 2. The lowest BCUT2D eigenvalue weighted by molar-refractivity contribution is -0.123. The molecule has 9 heteroatoms. The zero-order valence-electron chi connectivity index (χ0n) is 14.6. The third kappa shape index (κ3) is 6.03. The average Bonchev–Trinajstić information content (AvgIpc) is 3.03. The van der Waals surface area contributed by atoms with Crippen molar-refractivity contribution >= 4 is 35.2 Å². The largest absolute Gasteiger partial charge is 0.354 e. The van der Waals surface area contributed by atoms with Crippen molar-refractivity contribution in [3.05, 3.63) is 46.6 Å². The Morgan fingerprint density at radius 2 is 2.12 bits per heavy atom. The van der Waals surface area contributed by atoms with Crippen LogP contribution in [0.3, 0.4) is 0 Å². The van der Waals surface area contributed by atoms with E-state index in [2.05, 4.69) is 20.8 Å². The number of benzene rings is 1. The second-order valence-corrected chi connectivity index (χ2v) is 6.96. The summed E-state index contributed by atoms with van der Waals surface area (Å²) >= 11 is 7.66. The lowest BCUT2D eigenvalue weighted by atomic mass is 10.1. The van der Waals surface area contributed by atoms with E-state index in [1.165, 1.54) is 0 Å². The first-order valence-corrected chi connectivity index (χ1v) is 9.89. The molecule has 26 heavy (non-hydrogen) atoms. The Hall–Kier alpha value is -2.06. The molecule has 0 bridgehead atoms. The molecule has 0 aliphatic carbocycles. The van der Waals surface area contributed by atoms with Gasteiger partial charge < -0.3 is 15.2 Å². The molecule has 0 aliphatic heterocycles. The molecule has 0 saturated heterocycles. The second kappa shape index (κ2) is 10.2. The number of carbonyl (C=O) groups is 2. The quantitative estimate of drug-likeness (QED) is 0.674. The molecular formula is C17H21ClN4O3S. The zero-order chi connectivity index (χ0) is 18.9. The summed E-state index contributed by atoms with van der Waals surface area (Å²) in [5.41, 5.74) is 0.345. The topological polar surface area (TPSA) is 97.1 Å². The highest BCUT2D eigenvalue weighted by Crippen LogP contribution is 2.15. The lowest BCUT2D eigenvalue weighted by Crippen LogP contribution is -2.47. The standard InChI is InChI=1S/C17H21ClN4O3S/c1-11-20-15(25-22-11)7-9-19-17(24)14(8-10-26-2)21-16(23)12-5-3-4-6-13(12)18/h3-6,14H,7-10H2,1-2H3,(H,19,24)(H,21,23). The van der Waals surface area contributed by atoms with Crippen molar-refractivity contribution in [3.63, 3.8) is 0 Å². The summed E-state index contributed by atoms with van der Waals surface area (Å²) in [6, 6.07) is 6.09. The minimum absolute atomic E-state index is 0.254. The summed E-state index contributed by atoms with van der Waals surface area (Å²) in [7, 11) is 0. The minimum atomic E-state index is -0.643. The summed E-state index contributed by atoms with van der Waals surface area (Å²) in [5.74, 6) is 1.13. The van der Waals surface area contributed by atoms with Crippen LogP contribution in [0.2, 0.25) is 5.02 Å². The van der Waals surface area contributed by atoms with E-state index in [1.807, 2.05) is 6.26 Å². The van der Waals surface area contributed by atoms with Gasteiger partial charge in [0.2, 0.25) is 11.8 Å². The van der Waals surface area contributed by atoms with Crippen molar-refractivity contribution in [1.82, 2.24) is 20.8 Å². The maximum atomic E-state index is 12.5. The van der Waals surface area contributed by atoms with Gasteiger partial charge in [-0.25, -0.2) is 0 Å². The van der Waals surface area contributed by atoms with Crippen LogP contribution in [0.5, 0.6) is 0 Å². The van der Waals surface area contributed by atoms with Gasteiger partial charge in [0.1, 0.15) is 6.04 Å². The molecular weight excluding hydrogens is 376 g/mol. The third-order valence-electron chi connectivity index (χ3n) is 3.56. The van der Waals surface area contributed by atoms with Crippen LogP contribution >= 0.6 is 23.4 Å². The van der Waals surface area contributed by atoms with Gasteiger partial charge in [0.15, 0.2) is 5.82 Å². The fraction of sp³-hybridized carbons (Fsp3) is 0.412. The first kappa shape index (κ1) is 20.3. The van der Waals surface area contributed by atoms with E-state index in [0.717, 1.165) is 5.75 Å². The van der Waals surface area contributed by atoms with Crippen LogP contribution in [-0.2, 0) is 11.2 Å². The summed E-state index contributed by atoms with van der Waals surface area (Å²) in [6.45, 7) is 2.08. The highest BCUT2D eigenvalue weighted by atomic mass is 35.5. The molecule has 2 amide bonds. The molecule has 1 unspecified atom stereocenters. The average molecular weight is 397 g/mol. The number of aromatic nitrogens is 2. The number of hydrogen-bond donors (Lipinski definition) is 2. The van der Waals surface area contributed by atoms with Crippen molar-refractivity contribution in [1.29, 1.82) is 0 Å². The second-order valence-electron chi connectivity index (χ2n) is 5.56. The molecule has 2 N–H and O–H groups in total. The predicted molar refractivity (Wildman–Crippen MR) is 101 cm³/mol. The van der Waals surface area contributed by atoms with Gasteiger partial charge in [0.05, 0.1) is 10.6 Å². The summed E-state index contributed by atoms with van der Waals surface area (Å²) < 4.78 is 5.01. The van der Waals surface area contributed by atoms with Gasteiger partial charge in [-0.15, -0.1) is 0 Å². The first-order valence-electron chi connectivity index (χ1n) is 8.12. The van der Waals surface area contributed by atoms with E-state index >= 15 is 0 Å². The predicted octanol–water partition coefficient (Wildman–Crippen LogP) is 2.24. The molecule has 7 nitrogen and oxygen atoms in total. The number of carbonyl (C=O) groups excluding carboxylic acids is 2. The lowest BCUT2D eigenvalue weighted by Gasteiger charge is -2.18. The number of hydrogen-bond acceptors (Lipinski definition) is 6. The number of thioether (sulfide) groups is 1. The van der Waals surface area contributed by atoms with Crippen molar-refractivity contribution in [2.75, 3.05) is 18.6 Å². The van der Waals surface area contributed by atoms with Gasteiger partial charge in [-0.2, -0.15) is 16.7 Å². The number of amides is 2. The van der Waals surface area contributed by atoms with Gasteiger partial charge >= 0.3 is 0 Å². The Kier molecular flexibility index (Phi) is 7.93. The van der Waals surface area contributed by atoms with Crippen molar-refractivity contribution in [2.45, 2.75) is 25.8 Å². The van der Waals surface area contributed by atoms with E-state index < -0.39 is 6.04 Å². The summed E-state index contributed by atoms with van der Waals surface area (Å²) in [4.78, 5) is 29.0. The summed E-state index contributed by atoms with van der Waals surface area (Å²) in [5, 5.41) is 9.61. The normalized spacial score (nSPS) is 11.8. The highest BCUT2D eigenvalue weighted by molar-refractivity contribution is 7.98. The molecule has 0 fully saturated rings. The maximum Gasteiger partial charge on any atom is 0.253 e. The molecule has 140 valence electrons. The Morgan fingerprint density at radius 1 is 1.35 bits per heavy atom. The van der Waals surface area contributed by atoms with Gasteiger partial charge in [-0.05, 0) is 37.5 Å². The molecule has 1 aromatic carbocycles. The van der Waals surface area contributed by atoms with Crippen LogP contribution < -0.4 is 10.6 Å². The number of aryl methyl sites for hydroxylation is 1. The van der Waals surface area contributed by atoms with Crippen LogP contribution in [0, 0.1) is 6.92 Å². The molecule has 2 rings (SSSR count). The van der Waals surface area contributed by atoms with E-state index in [9.17, 15) is 9.59 Å². The smallest absolute Gasteiger partial charge is 0.253 e. The van der Waals surface area contributed by atoms with Gasteiger partial charge in [0.25, 0.3) is 5.91 Å². The zero-order valence-corrected chi connectivity index (χ0v) is 16.2. The van der Waals surface area contributed by atoms with Crippen LogP contribution in [0.25, 0.3) is 0 Å². The maximum absolute atomic E-state index is 12.5. The fourth-order valence-electron chi connectivity index (χ4n) is 2.24. The Bertz CT molecular complexity index is 753. The number of halogens is 1. The van der Waals surface area contributed by atoms with Gasteiger partial charge in [-0.3, -0.25) is 9.59 Å². The minimum Gasteiger partial charge on any atom is -0.354 e. The van der Waals surface area contributed by atoms with Crippen molar-refractivity contribution in [3.8, 4) is 0 Å². The molecule has 1 aromatic heterocycles. The fourth-order valence-corrected chi connectivity index (χ4v) is 2.94. The van der Waals surface area contributed by atoms with Gasteiger partial charge in [0, 0.05) is 13.0 Å². The number of nitrogens with zero attached hydrogens (tertiary/aromatic N) is 2. The molecule has 2 aromatic rings. The van der Waals surface area contributed by atoms with E-state index in [0.29, 0.717) is 41.7 Å². The van der Waals surface area contributed by atoms with Crippen LogP contribution in [0.4, 0.5) is 0 Å². The Labute approximate surface area is 161 Å². The van der Waals surface area contributed by atoms with Crippen LogP contribution in [0.1, 0.15) is 28.5 Å². The van der Waals surface area contributed by atoms with Crippen LogP contribution in [0.15, 0.2) is 28.8 Å². The SMILES string of the molecule is CSCCC(NC(=O)c1ccccc1Cl)C(=O)NCCc1nc(C)no1. The van der Waals surface area contributed by atoms with Gasteiger partial charge in [-0.1, -0.05) is 28.9 Å². The first-order chi connectivity index (χ1) is 12.5.